The number of aromatic nitrogens is 2. The molecule has 2 unspecified atom stereocenters. The Morgan fingerprint density at radius 2 is 1.03 bits per heavy atom. The molecule has 4 atom stereocenters. The smallest absolute Gasteiger partial charge is 0.412 e. The second-order valence-corrected chi connectivity index (χ2v) is 17.4. The van der Waals surface area contributed by atoms with E-state index in [1.807, 2.05) is 74.5 Å². The summed E-state index contributed by atoms with van der Waals surface area (Å²) >= 11 is 0. The third-order valence-corrected chi connectivity index (χ3v) is 9.24. The van der Waals surface area contributed by atoms with Crippen LogP contribution in [0.5, 0.6) is 11.8 Å². The fraction of sp³-hybridized carbons (Fsp3) is 0.412. The third kappa shape index (κ3) is 18.9. The molecule has 2 heterocycles. The van der Waals surface area contributed by atoms with Gasteiger partial charge in [0.05, 0.1) is 43.9 Å². The van der Waals surface area contributed by atoms with E-state index in [0.717, 1.165) is 11.1 Å². The van der Waals surface area contributed by atoms with Crippen LogP contribution in [0.3, 0.4) is 0 Å². The molecule has 4 rings (SSSR count). The number of pyridine rings is 2. The molecule has 0 radical (unpaired) electrons. The van der Waals surface area contributed by atoms with Crippen LogP contribution in [0.1, 0.15) is 111 Å². The number of aryl methyl sites for hydroxylation is 2. The molecule has 0 fully saturated rings. The van der Waals surface area contributed by atoms with Gasteiger partial charge in [0, 0.05) is 11.1 Å². The number of benzene rings is 2. The number of carboxylic acid groups (broad SMARTS) is 1. The number of carboxylic acids is 1. The van der Waals surface area contributed by atoms with Crippen LogP contribution in [0.15, 0.2) is 98.1 Å². The Kier molecular flexibility index (Phi) is 21.0. The number of ether oxygens (including phenoxy) is 7. The molecule has 16 heteroatoms. The predicted molar refractivity (Wildman–Crippen MR) is 256 cm³/mol. The third-order valence-electron chi connectivity index (χ3n) is 9.24. The monoisotopic (exact) mass is 926 g/mol. The Balaban J connectivity index is 0.000000355. The number of carbonyl (C=O) groups is 4. The van der Waals surface area contributed by atoms with Crippen molar-refractivity contribution in [3.63, 3.8) is 0 Å². The van der Waals surface area contributed by atoms with E-state index in [2.05, 4.69) is 33.8 Å². The van der Waals surface area contributed by atoms with Crippen molar-refractivity contribution in [3.05, 3.63) is 132 Å². The van der Waals surface area contributed by atoms with E-state index in [4.69, 9.17) is 33.2 Å². The van der Waals surface area contributed by atoms with E-state index >= 15 is 0 Å². The van der Waals surface area contributed by atoms with Crippen molar-refractivity contribution in [2.45, 2.75) is 131 Å². The summed E-state index contributed by atoms with van der Waals surface area (Å²) in [4.78, 5) is 57.0. The number of aromatic carboxylic acids is 1. The van der Waals surface area contributed by atoms with Crippen LogP contribution in [0, 0.1) is 13.8 Å². The van der Waals surface area contributed by atoms with Crippen LogP contribution in [0.2, 0.25) is 0 Å². The summed E-state index contributed by atoms with van der Waals surface area (Å²) in [7, 11) is 1.24. The van der Waals surface area contributed by atoms with E-state index in [-0.39, 0.29) is 46.7 Å². The van der Waals surface area contributed by atoms with Crippen LogP contribution >= 0.6 is 0 Å². The molecule has 16 nitrogen and oxygen atoms in total. The van der Waals surface area contributed by atoms with Crippen molar-refractivity contribution in [3.8, 4) is 11.8 Å². The van der Waals surface area contributed by atoms with Crippen LogP contribution in [0.4, 0.5) is 21.0 Å². The maximum Gasteiger partial charge on any atom is 0.412 e. The Morgan fingerprint density at radius 1 is 0.657 bits per heavy atom. The van der Waals surface area contributed by atoms with Gasteiger partial charge in [-0.15, -0.1) is 13.2 Å². The van der Waals surface area contributed by atoms with E-state index in [1.165, 1.54) is 13.2 Å². The zero-order chi connectivity index (χ0) is 49.9. The van der Waals surface area contributed by atoms with Crippen molar-refractivity contribution >= 4 is 35.5 Å². The summed E-state index contributed by atoms with van der Waals surface area (Å²) in [6, 6.07) is 22.7. The fourth-order valence-electron chi connectivity index (χ4n) is 6.04. The van der Waals surface area contributed by atoms with Gasteiger partial charge in [-0.1, -0.05) is 72.8 Å². The lowest BCUT2D eigenvalue weighted by Gasteiger charge is -2.25. The minimum Gasteiger partial charge on any atom is -0.476 e. The van der Waals surface area contributed by atoms with Crippen LogP contribution in [0.25, 0.3) is 0 Å². The van der Waals surface area contributed by atoms with Crippen molar-refractivity contribution < 1.29 is 57.4 Å². The molecule has 4 aromatic rings. The maximum atomic E-state index is 12.4. The molecule has 67 heavy (non-hydrogen) atoms. The highest BCUT2D eigenvalue weighted by molar-refractivity contribution is 5.99. The largest absolute Gasteiger partial charge is 0.476 e. The Morgan fingerprint density at radius 3 is 1.37 bits per heavy atom. The molecule has 0 bridgehead atoms. The first-order chi connectivity index (χ1) is 31.5. The molecule has 362 valence electrons. The summed E-state index contributed by atoms with van der Waals surface area (Å²) in [6.45, 7) is 26.0. The van der Waals surface area contributed by atoms with Gasteiger partial charge in [-0.05, 0) is 105 Å². The quantitative estimate of drug-likeness (QED) is 0.0429. The van der Waals surface area contributed by atoms with Gasteiger partial charge in [-0.25, -0.2) is 29.1 Å². The highest BCUT2D eigenvalue weighted by atomic mass is 16.6. The molecule has 0 spiro atoms. The molecule has 0 saturated heterocycles. The first-order valence-corrected chi connectivity index (χ1v) is 21.7. The summed E-state index contributed by atoms with van der Waals surface area (Å²) < 4.78 is 39.5. The standard InChI is InChI=1S/C26H34N2O6.C25H32N2O6/c1-8-12-21(32-16-19-13-10-9-11-14-19)18(3)33-23-17(2)15-20(22(28-23)24(29)31-7)27-25(30)34-26(4,5)6;1-7-11-20(31-15-18-12-9-8-10-13-18)17(3)32-22-16(2)14-19(21(27-22)23(28)29)26-24(30)33-25(4,5)6/h8-11,13-15,18,21H,1,12,16H2,2-7H3,(H,27,30);7-10,12-14,17,20H,1,11,15H2,2-6H3,(H,26,30)(H,28,29)/t18-,21?;17-,20?/m11/s1. The van der Waals surface area contributed by atoms with Gasteiger partial charge in [0.25, 0.3) is 0 Å². The average molecular weight is 927 g/mol. The van der Waals surface area contributed by atoms with Gasteiger partial charge < -0.3 is 38.3 Å². The van der Waals surface area contributed by atoms with Crippen molar-refractivity contribution in [1.82, 2.24) is 9.97 Å². The second-order valence-electron chi connectivity index (χ2n) is 17.4. The molecule has 2 aromatic carbocycles. The average Bonchev–Trinajstić information content (AvgIpc) is 3.24. The molecular formula is C51H66N4O12. The number of nitrogens with zero attached hydrogens (tertiary/aromatic N) is 2. The van der Waals surface area contributed by atoms with Crippen LogP contribution in [-0.2, 0) is 36.9 Å². The van der Waals surface area contributed by atoms with Gasteiger partial charge in [0.1, 0.15) is 23.4 Å². The summed E-state index contributed by atoms with van der Waals surface area (Å²) in [5.74, 6) is -1.64. The SMILES string of the molecule is C=CCC(OCc1ccccc1)[C@@H](C)Oc1nc(C(=O)O)c(NC(=O)OC(C)(C)C)cc1C.C=CCC(OCc1ccccc1)[C@@H](C)Oc1nc(C(=O)OC)c(NC(=O)OC(C)(C)C)cc1C. The number of anilines is 2. The zero-order valence-electron chi connectivity index (χ0n) is 40.5. The lowest BCUT2D eigenvalue weighted by molar-refractivity contribution is -0.0273. The van der Waals surface area contributed by atoms with Gasteiger partial charge in [0.2, 0.25) is 11.8 Å². The topological polar surface area (TPSA) is 203 Å². The molecule has 0 saturated carbocycles. The minimum absolute atomic E-state index is 0.0252. The van der Waals surface area contributed by atoms with Gasteiger partial charge in [-0.3, -0.25) is 10.6 Å². The first-order valence-electron chi connectivity index (χ1n) is 21.7. The van der Waals surface area contributed by atoms with Crippen LogP contribution < -0.4 is 20.1 Å². The highest BCUT2D eigenvalue weighted by Crippen LogP contribution is 2.28. The number of esters is 1. The second kappa shape index (κ2) is 25.8. The normalized spacial score (nSPS) is 12.9. The predicted octanol–water partition coefficient (Wildman–Crippen LogP) is 10.8. The first kappa shape index (κ1) is 54.6. The van der Waals surface area contributed by atoms with E-state index in [0.29, 0.717) is 37.2 Å². The fourth-order valence-corrected chi connectivity index (χ4v) is 6.04. The molecule has 3 N–H and O–H groups in total. The molecule has 0 aliphatic rings. The number of rotatable bonds is 20. The summed E-state index contributed by atoms with van der Waals surface area (Å²) in [6.07, 6.45) is 1.68. The van der Waals surface area contributed by atoms with Crippen molar-refractivity contribution in [2.75, 3.05) is 17.7 Å². The number of carbonyl (C=O) groups excluding carboxylic acids is 3. The lowest BCUT2D eigenvalue weighted by atomic mass is 10.1. The number of nitrogens with one attached hydrogen (secondary N) is 2. The van der Waals surface area contributed by atoms with Gasteiger partial charge in [0.15, 0.2) is 11.4 Å². The molecular weight excluding hydrogens is 861 g/mol. The number of methoxy groups -OCH3 is 1. The van der Waals surface area contributed by atoms with Gasteiger partial charge in [-0.2, -0.15) is 0 Å². The number of hydrogen-bond acceptors (Lipinski definition) is 13. The Bertz CT molecular complexity index is 2270. The van der Waals surface area contributed by atoms with Crippen molar-refractivity contribution in [2.24, 2.45) is 0 Å². The summed E-state index contributed by atoms with van der Waals surface area (Å²) in [5, 5.41) is 14.6. The Hall–Kier alpha value is -6.78. The lowest BCUT2D eigenvalue weighted by Crippen LogP contribution is -2.32. The van der Waals surface area contributed by atoms with Crippen LogP contribution in [-0.4, -0.2) is 81.9 Å². The number of hydrogen-bond donors (Lipinski definition) is 3. The van der Waals surface area contributed by atoms with E-state index < -0.39 is 47.5 Å². The molecule has 2 aromatic heterocycles. The minimum atomic E-state index is -1.30. The molecule has 0 aliphatic heterocycles. The number of amides is 2. The van der Waals surface area contributed by atoms with Crippen molar-refractivity contribution in [1.29, 1.82) is 0 Å². The molecule has 0 aliphatic carbocycles. The molecule has 2 amide bonds. The summed E-state index contributed by atoms with van der Waals surface area (Å²) in [5.41, 5.74) is 1.57. The zero-order valence-corrected chi connectivity index (χ0v) is 40.5. The maximum absolute atomic E-state index is 12.4. The van der Waals surface area contributed by atoms with E-state index in [1.54, 1.807) is 73.6 Å². The highest BCUT2D eigenvalue weighted by Gasteiger charge is 2.27. The van der Waals surface area contributed by atoms with Gasteiger partial charge >= 0.3 is 24.1 Å². The van der Waals surface area contributed by atoms with E-state index in [9.17, 15) is 24.3 Å². The Labute approximate surface area is 394 Å².